The number of anilines is 1. The Labute approximate surface area is 252 Å². The molecule has 240 valence electrons. The molecule has 0 aliphatic carbocycles. The van der Waals surface area contributed by atoms with Gasteiger partial charge in [0.1, 0.15) is 17.6 Å². The molecule has 5 atom stereocenters. The molecule has 1 aromatic heterocycles. The first-order valence-corrected chi connectivity index (χ1v) is 14.9. The Hall–Kier alpha value is -3.27. The fourth-order valence-electron chi connectivity index (χ4n) is 4.29. The number of hydrogen-bond acceptors (Lipinski definition) is 10. The molecule has 0 bridgehead atoms. The highest BCUT2D eigenvalue weighted by Gasteiger charge is 2.71. The molecule has 44 heavy (non-hydrogen) atoms. The number of ether oxygens (including phenoxy) is 2. The zero-order valence-corrected chi connectivity index (χ0v) is 25.0. The van der Waals surface area contributed by atoms with Gasteiger partial charge in [-0.25, -0.2) is 18.1 Å². The van der Waals surface area contributed by atoms with Crippen molar-refractivity contribution in [1.82, 2.24) is 14.6 Å². The molecular formula is C26H28ClF4N4O8P. The number of carbonyl (C=O) groups excluding carboxylic acids is 1. The number of nitrogens with one attached hydrogen (secondary N) is 1. The summed E-state index contributed by atoms with van der Waals surface area (Å²) in [4.78, 5) is 28.0. The highest BCUT2D eigenvalue weighted by molar-refractivity contribution is 7.52. The minimum Gasteiger partial charge on any atom is -0.462 e. The van der Waals surface area contributed by atoms with E-state index < -0.39 is 79.3 Å². The third kappa shape index (κ3) is 6.70. The molecule has 3 aromatic rings. The third-order valence-electron chi connectivity index (χ3n) is 6.51. The monoisotopic (exact) mass is 666 g/mol. The molecule has 0 radical (unpaired) electrons. The summed E-state index contributed by atoms with van der Waals surface area (Å²) in [7, 11) is -4.93. The summed E-state index contributed by atoms with van der Waals surface area (Å²) < 4.78 is 94.5. The number of nitrogen functional groups attached to an aromatic ring is 1. The molecular weight excluding hydrogens is 639 g/mol. The molecule has 2 heterocycles. The van der Waals surface area contributed by atoms with Gasteiger partial charge in [0.25, 0.3) is 6.43 Å². The molecule has 1 aliphatic heterocycles. The van der Waals surface area contributed by atoms with Crippen molar-refractivity contribution < 1.29 is 50.5 Å². The number of benzene rings is 2. The Morgan fingerprint density at radius 2 is 1.89 bits per heavy atom. The summed E-state index contributed by atoms with van der Waals surface area (Å²) in [6.07, 6.45) is -10.1. The van der Waals surface area contributed by atoms with Crippen LogP contribution in [0, 0.1) is 0 Å². The van der Waals surface area contributed by atoms with Crippen molar-refractivity contribution in [3.8, 4) is 5.75 Å². The maximum absolute atomic E-state index is 15.3. The van der Waals surface area contributed by atoms with Crippen molar-refractivity contribution in [2.45, 2.75) is 63.2 Å². The Morgan fingerprint density at radius 3 is 2.52 bits per heavy atom. The molecule has 5 unspecified atom stereocenters. The number of fused-ring (bicyclic) bond motifs is 1. The van der Waals surface area contributed by atoms with Crippen molar-refractivity contribution >= 4 is 41.9 Å². The van der Waals surface area contributed by atoms with Gasteiger partial charge in [0.05, 0.1) is 17.7 Å². The Kier molecular flexibility index (Phi) is 9.64. The normalized spacial score (nSPS) is 23.5. The van der Waals surface area contributed by atoms with Crippen molar-refractivity contribution in [2.24, 2.45) is 0 Å². The zero-order valence-electron chi connectivity index (χ0n) is 23.3. The second kappa shape index (κ2) is 12.6. The van der Waals surface area contributed by atoms with Crippen LogP contribution in [0.25, 0.3) is 10.8 Å². The smallest absolute Gasteiger partial charge is 0.459 e. The van der Waals surface area contributed by atoms with Gasteiger partial charge in [-0.05, 0) is 43.7 Å². The van der Waals surface area contributed by atoms with E-state index in [9.17, 15) is 28.0 Å². The zero-order chi connectivity index (χ0) is 32.6. The summed E-state index contributed by atoms with van der Waals surface area (Å²) in [5.41, 5.74) is 0.381. The van der Waals surface area contributed by atoms with Gasteiger partial charge in [0, 0.05) is 6.20 Å². The second-order valence-electron chi connectivity index (χ2n) is 10.2. The second-order valence-corrected chi connectivity index (χ2v) is 12.3. The maximum atomic E-state index is 15.3. The molecule has 12 nitrogen and oxygen atoms in total. The maximum Gasteiger partial charge on any atom is 0.459 e. The number of halogens is 5. The van der Waals surface area contributed by atoms with Gasteiger partial charge in [-0.2, -0.15) is 18.9 Å². The van der Waals surface area contributed by atoms with Gasteiger partial charge in [-0.1, -0.05) is 41.9 Å². The number of aromatic nitrogens is 2. The lowest BCUT2D eigenvalue weighted by molar-refractivity contribution is -0.193. The summed E-state index contributed by atoms with van der Waals surface area (Å²) in [6.45, 7) is 2.63. The van der Waals surface area contributed by atoms with Crippen LogP contribution in [0.3, 0.4) is 0 Å². The first-order valence-electron chi connectivity index (χ1n) is 13.0. The average molecular weight is 667 g/mol. The van der Waals surface area contributed by atoms with Crippen LogP contribution >= 0.6 is 19.3 Å². The number of esters is 1. The first-order chi connectivity index (χ1) is 20.5. The Balaban J connectivity index is 1.69. The quantitative estimate of drug-likeness (QED) is 0.152. The molecule has 0 spiro atoms. The van der Waals surface area contributed by atoms with E-state index in [2.05, 4.69) is 10.1 Å². The van der Waals surface area contributed by atoms with Crippen LogP contribution in [-0.4, -0.2) is 63.4 Å². The summed E-state index contributed by atoms with van der Waals surface area (Å²) in [5.74, 6) is -6.12. The first kappa shape index (κ1) is 33.6. The number of aliphatic hydroxyl groups excluding tert-OH is 1. The van der Waals surface area contributed by atoms with Crippen molar-refractivity contribution in [3.05, 3.63) is 64.2 Å². The minimum atomic E-state index is -4.93. The number of carbonyl (C=O) groups is 1. The molecule has 1 saturated heterocycles. The van der Waals surface area contributed by atoms with Crippen LogP contribution in [0.2, 0.25) is 5.02 Å². The van der Waals surface area contributed by atoms with E-state index >= 15 is 8.78 Å². The van der Waals surface area contributed by atoms with E-state index in [1.54, 1.807) is 44.2 Å². The number of nitrogens with two attached hydrogens (primary N) is 1. The molecule has 1 aliphatic rings. The highest BCUT2D eigenvalue weighted by atomic mass is 35.5. The molecule has 18 heteroatoms. The van der Waals surface area contributed by atoms with E-state index in [-0.39, 0.29) is 10.3 Å². The molecule has 2 aromatic carbocycles. The van der Waals surface area contributed by atoms with Gasteiger partial charge in [0.15, 0.2) is 11.7 Å². The van der Waals surface area contributed by atoms with E-state index in [0.717, 1.165) is 5.39 Å². The fraction of sp³-hybridized carbons (Fsp3) is 0.423. The molecule has 1 fully saturated rings. The van der Waals surface area contributed by atoms with Gasteiger partial charge >= 0.3 is 25.3 Å². The largest absolute Gasteiger partial charge is 0.462 e. The summed E-state index contributed by atoms with van der Waals surface area (Å²) >= 11 is 5.78. The number of rotatable bonds is 11. The van der Waals surface area contributed by atoms with Crippen molar-refractivity contribution in [2.75, 3.05) is 12.3 Å². The van der Waals surface area contributed by atoms with Crippen LogP contribution in [0.1, 0.15) is 27.0 Å². The van der Waals surface area contributed by atoms with E-state index in [1.165, 1.54) is 19.1 Å². The van der Waals surface area contributed by atoms with E-state index in [1.807, 2.05) is 0 Å². The fourth-order valence-corrected chi connectivity index (χ4v) is 5.96. The predicted molar refractivity (Wildman–Crippen MR) is 150 cm³/mol. The lowest BCUT2D eigenvalue weighted by Gasteiger charge is -2.32. The molecule has 4 rings (SSSR count). The lowest BCUT2D eigenvalue weighted by atomic mass is 9.96. The molecule has 0 amide bonds. The molecule has 4 N–H and O–H groups in total. The Morgan fingerprint density at radius 1 is 1.23 bits per heavy atom. The summed E-state index contributed by atoms with van der Waals surface area (Å²) in [6, 6.07) is 9.92. The van der Waals surface area contributed by atoms with Crippen molar-refractivity contribution in [1.29, 1.82) is 0 Å². The van der Waals surface area contributed by atoms with Crippen LogP contribution in [0.15, 0.2) is 53.5 Å². The topological polar surface area (TPSA) is 164 Å². The Bertz CT molecular complexity index is 1650. The predicted octanol–water partition coefficient (Wildman–Crippen LogP) is 4.29. The number of hydrogen-bond donors (Lipinski definition) is 3. The molecule has 0 saturated carbocycles. The number of nitrogens with zero attached hydrogens (tertiary/aromatic N) is 2. The van der Waals surface area contributed by atoms with Crippen LogP contribution < -0.4 is 21.0 Å². The van der Waals surface area contributed by atoms with Crippen LogP contribution in [0.5, 0.6) is 5.75 Å². The third-order valence-corrected chi connectivity index (χ3v) is 8.42. The highest BCUT2D eigenvalue weighted by Crippen LogP contribution is 2.53. The van der Waals surface area contributed by atoms with Gasteiger partial charge in [-0.15, -0.1) is 0 Å². The summed E-state index contributed by atoms with van der Waals surface area (Å²) in [5, 5.41) is 13.6. The van der Waals surface area contributed by atoms with E-state index in [4.69, 9.17) is 35.9 Å². The van der Waals surface area contributed by atoms with Gasteiger partial charge in [0.2, 0.25) is 6.23 Å². The van der Waals surface area contributed by atoms with Gasteiger partial charge in [-0.3, -0.25) is 13.9 Å². The number of aliphatic hydroxyl groups is 1. The average Bonchev–Trinajstić information content (AvgIpc) is 3.15. The minimum absolute atomic E-state index is 0.0828. The van der Waals surface area contributed by atoms with Crippen molar-refractivity contribution in [3.63, 3.8) is 0 Å². The standard InChI is InChI=1S/C26H28ClF4N4O8P/c1-13(2)41-20(36)14(3)34-44(39,43-17-9-8-15-6-4-5-7-16(15)10-17)40-12-25(22(28)29)21(37)26(30,31)23(42-25)35-11-18(27)19(32)33-24(35)38/h4-11,13-14,21-23,37H,12H2,1-3H3,(H,34,39)(H2,32,33,38). The van der Waals surface area contributed by atoms with Crippen LogP contribution in [0.4, 0.5) is 23.4 Å². The lowest BCUT2D eigenvalue weighted by Crippen LogP contribution is -2.54. The van der Waals surface area contributed by atoms with Gasteiger partial charge < -0.3 is 24.8 Å². The van der Waals surface area contributed by atoms with E-state index in [0.29, 0.717) is 11.6 Å². The SMILES string of the molecule is CC(C)OC(=O)C(C)NP(=O)(OCC1(C(F)F)OC(n2cc(Cl)c(N)nc2=O)C(F)(F)C1O)Oc1ccc2ccccc2c1. The number of alkyl halides is 4. The van der Waals surface area contributed by atoms with Crippen LogP contribution in [-0.2, 0) is 23.4 Å².